The molecule has 0 radical (unpaired) electrons. The minimum atomic E-state index is 0.102. The molecule has 0 aromatic carbocycles. The summed E-state index contributed by atoms with van der Waals surface area (Å²) in [6.07, 6.45) is 1.50. The molecule has 1 atom stereocenters. The van der Waals surface area contributed by atoms with Crippen LogP contribution in [-0.4, -0.2) is 12.5 Å². The van der Waals surface area contributed by atoms with Gasteiger partial charge in [-0.05, 0) is 36.4 Å². The summed E-state index contributed by atoms with van der Waals surface area (Å²) in [5.41, 5.74) is 6.81. The number of carbonyl (C=O) groups is 1. The molecular weight excluding hydrogens is 220 g/mol. The standard InChI is InChI=1S/C12H20N2OS/c1-3-10(7-13)6-12(15)14-8-11-9(2)4-5-16-11/h4-5,10H,3,6-8,13H2,1-2H3,(H,14,15). The molecule has 4 heteroatoms. The molecule has 1 rings (SSSR count). The van der Waals surface area contributed by atoms with Gasteiger partial charge in [0.05, 0.1) is 6.54 Å². The average Bonchev–Trinajstić information content (AvgIpc) is 2.69. The quantitative estimate of drug-likeness (QED) is 0.799. The van der Waals surface area contributed by atoms with Crippen molar-refractivity contribution in [3.63, 3.8) is 0 Å². The summed E-state index contributed by atoms with van der Waals surface area (Å²) >= 11 is 1.68. The van der Waals surface area contributed by atoms with Gasteiger partial charge in [-0.3, -0.25) is 4.79 Å². The lowest BCUT2D eigenvalue weighted by atomic mass is 10.0. The minimum absolute atomic E-state index is 0.102. The van der Waals surface area contributed by atoms with Crippen LogP contribution in [0, 0.1) is 12.8 Å². The van der Waals surface area contributed by atoms with Crippen LogP contribution < -0.4 is 11.1 Å². The van der Waals surface area contributed by atoms with E-state index in [2.05, 4.69) is 25.2 Å². The molecule has 0 bridgehead atoms. The highest BCUT2D eigenvalue weighted by molar-refractivity contribution is 7.10. The molecule has 0 saturated heterocycles. The fourth-order valence-corrected chi connectivity index (χ4v) is 2.34. The summed E-state index contributed by atoms with van der Waals surface area (Å²) in [6.45, 7) is 5.35. The Morgan fingerprint density at radius 1 is 1.62 bits per heavy atom. The van der Waals surface area contributed by atoms with Crippen molar-refractivity contribution in [3.05, 3.63) is 21.9 Å². The highest BCUT2D eigenvalue weighted by atomic mass is 32.1. The number of nitrogens with one attached hydrogen (secondary N) is 1. The molecule has 1 aromatic rings. The largest absolute Gasteiger partial charge is 0.351 e. The first kappa shape index (κ1) is 13.2. The lowest BCUT2D eigenvalue weighted by molar-refractivity contribution is -0.122. The van der Waals surface area contributed by atoms with E-state index in [0.717, 1.165) is 6.42 Å². The van der Waals surface area contributed by atoms with Crippen molar-refractivity contribution < 1.29 is 4.79 Å². The summed E-state index contributed by atoms with van der Waals surface area (Å²) in [7, 11) is 0. The van der Waals surface area contributed by atoms with Crippen LogP contribution in [-0.2, 0) is 11.3 Å². The molecule has 0 spiro atoms. The normalized spacial score (nSPS) is 12.4. The van der Waals surface area contributed by atoms with Crippen molar-refractivity contribution in [1.82, 2.24) is 5.32 Å². The zero-order chi connectivity index (χ0) is 12.0. The van der Waals surface area contributed by atoms with E-state index >= 15 is 0 Å². The second-order valence-electron chi connectivity index (χ2n) is 4.02. The van der Waals surface area contributed by atoms with Gasteiger partial charge in [0.2, 0.25) is 5.91 Å². The van der Waals surface area contributed by atoms with Crippen molar-refractivity contribution in [2.75, 3.05) is 6.54 Å². The first-order valence-corrected chi connectivity index (χ1v) is 6.55. The zero-order valence-electron chi connectivity index (χ0n) is 9.95. The summed E-state index contributed by atoms with van der Waals surface area (Å²) in [6, 6.07) is 2.07. The van der Waals surface area contributed by atoms with E-state index in [-0.39, 0.29) is 5.91 Å². The molecule has 0 saturated carbocycles. The Kier molecular flexibility index (Phi) is 5.49. The number of rotatable bonds is 6. The Hall–Kier alpha value is -0.870. The predicted molar refractivity (Wildman–Crippen MR) is 68.4 cm³/mol. The number of hydrogen-bond donors (Lipinski definition) is 2. The van der Waals surface area contributed by atoms with Crippen molar-refractivity contribution in [2.45, 2.75) is 33.2 Å². The van der Waals surface area contributed by atoms with Gasteiger partial charge >= 0.3 is 0 Å². The van der Waals surface area contributed by atoms with Crippen LogP contribution in [0.4, 0.5) is 0 Å². The van der Waals surface area contributed by atoms with Gasteiger partial charge in [-0.15, -0.1) is 11.3 Å². The molecule has 0 fully saturated rings. The molecule has 3 nitrogen and oxygen atoms in total. The highest BCUT2D eigenvalue weighted by Crippen LogP contribution is 2.15. The van der Waals surface area contributed by atoms with E-state index in [1.54, 1.807) is 11.3 Å². The van der Waals surface area contributed by atoms with Gasteiger partial charge in [0, 0.05) is 11.3 Å². The van der Waals surface area contributed by atoms with Crippen LogP contribution in [0.2, 0.25) is 0 Å². The molecule has 90 valence electrons. The van der Waals surface area contributed by atoms with E-state index in [4.69, 9.17) is 5.73 Å². The van der Waals surface area contributed by atoms with Gasteiger partial charge < -0.3 is 11.1 Å². The van der Waals surface area contributed by atoms with E-state index in [9.17, 15) is 4.79 Å². The van der Waals surface area contributed by atoms with E-state index < -0.39 is 0 Å². The lowest BCUT2D eigenvalue weighted by Crippen LogP contribution is -2.27. The summed E-state index contributed by atoms with van der Waals surface area (Å²) in [5.74, 6) is 0.412. The van der Waals surface area contributed by atoms with Crippen LogP contribution >= 0.6 is 11.3 Å². The number of thiophene rings is 1. The third kappa shape index (κ3) is 3.94. The first-order valence-electron chi connectivity index (χ1n) is 5.67. The SMILES string of the molecule is CCC(CN)CC(=O)NCc1sccc1C. The van der Waals surface area contributed by atoms with Gasteiger partial charge in [-0.2, -0.15) is 0 Å². The van der Waals surface area contributed by atoms with Crippen LogP contribution in [0.25, 0.3) is 0 Å². The van der Waals surface area contributed by atoms with Crippen LogP contribution in [0.1, 0.15) is 30.2 Å². The first-order chi connectivity index (χ1) is 7.67. The van der Waals surface area contributed by atoms with Crippen molar-refractivity contribution in [1.29, 1.82) is 0 Å². The Balaban J connectivity index is 2.33. The van der Waals surface area contributed by atoms with E-state index in [0.29, 0.717) is 25.4 Å². The zero-order valence-corrected chi connectivity index (χ0v) is 10.8. The molecule has 0 aliphatic heterocycles. The number of hydrogen-bond acceptors (Lipinski definition) is 3. The van der Waals surface area contributed by atoms with Crippen molar-refractivity contribution in [2.24, 2.45) is 11.7 Å². The predicted octanol–water partition coefficient (Wildman–Crippen LogP) is 2.05. The third-order valence-corrected chi connectivity index (χ3v) is 3.82. The number of nitrogens with two attached hydrogens (primary N) is 1. The summed E-state index contributed by atoms with van der Waals surface area (Å²) in [4.78, 5) is 12.8. The van der Waals surface area contributed by atoms with Gasteiger partial charge in [-0.25, -0.2) is 0 Å². The lowest BCUT2D eigenvalue weighted by Gasteiger charge is -2.11. The molecule has 1 unspecified atom stereocenters. The molecule has 3 N–H and O–H groups in total. The topological polar surface area (TPSA) is 55.1 Å². The van der Waals surface area contributed by atoms with Gasteiger partial charge in [0.15, 0.2) is 0 Å². The Bertz CT molecular complexity index is 332. The van der Waals surface area contributed by atoms with Crippen LogP contribution in [0.5, 0.6) is 0 Å². The second-order valence-corrected chi connectivity index (χ2v) is 5.02. The molecule has 1 amide bonds. The van der Waals surface area contributed by atoms with E-state index in [1.807, 2.05) is 5.38 Å². The molecule has 1 aromatic heterocycles. The Morgan fingerprint density at radius 2 is 2.38 bits per heavy atom. The Labute approximate surface area is 101 Å². The summed E-state index contributed by atoms with van der Waals surface area (Å²) in [5, 5.41) is 4.99. The summed E-state index contributed by atoms with van der Waals surface area (Å²) < 4.78 is 0. The van der Waals surface area contributed by atoms with Gasteiger partial charge in [-0.1, -0.05) is 13.3 Å². The van der Waals surface area contributed by atoms with Crippen LogP contribution in [0.15, 0.2) is 11.4 Å². The fraction of sp³-hybridized carbons (Fsp3) is 0.583. The smallest absolute Gasteiger partial charge is 0.220 e. The minimum Gasteiger partial charge on any atom is -0.351 e. The van der Waals surface area contributed by atoms with Crippen molar-refractivity contribution >= 4 is 17.2 Å². The Morgan fingerprint density at radius 3 is 2.88 bits per heavy atom. The van der Waals surface area contributed by atoms with Gasteiger partial charge in [0.25, 0.3) is 0 Å². The average molecular weight is 240 g/mol. The number of aryl methyl sites for hydroxylation is 1. The van der Waals surface area contributed by atoms with Crippen molar-refractivity contribution in [3.8, 4) is 0 Å². The monoisotopic (exact) mass is 240 g/mol. The maximum Gasteiger partial charge on any atom is 0.220 e. The third-order valence-electron chi connectivity index (χ3n) is 2.80. The maximum atomic E-state index is 11.6. The van der Waals surface area contributed by atoms with E-state index in [1.165, 1.54) is 10.4 Å². The maximum absolute atomic E-state index is 11.6. The fourth-order valence-electron chi connectivity index (χ4n) is 1.49. The second kappa shape index (κ2) is 6.66. The number of carbonyl (C=O) groups excluding carboxylic acids is 1. The molecule has 0 aliphatic carbocycles. The molecule has 16 heavy (non-hydrogen) atoms. The molecule has 0 aliphatic rings. The molecular formula is C12H20N2OS. The highest BCUT2D eigenvalue weighted by Gasteiger charge is 2.10. The van der Waals surface area contributed by atoms with Crippen LogP contribution in [0.3, 0.4) is 0 Å². The number of amides is 1. The molecule has 1 heterocycles. The van der Waals surface area contributed by atoms with Gasteiger partial charge in [0.1, 0.15) is 0 Å².